The topological polar surface area (TPSA) is 97.1 Å². The van der Waals surface area contributed by atoms with E-state index in [1.165, 1.54) is 5.56 Å². The first-order valence-corrected chi connectivity index (χ1v) is 7.76. The highest BCUT2D eigenvalue weighted by Crippen LogP contribution is 2.23. The molecule has 0 aliphatic carbocycles. The lowest BCUT2D eigenvalue weighted by Crippen LogP contribution is -2.41. The molecule has 1 unspecified atom stereocenters. The van der Waals surface area contributed by atoms with Gasteiger partial charge in [-0.25, -0.2) is 0 Å². The Balaban J connectivity index is 1.62. The van der Waals surface area contributed by atoms with E-state index in [0.717, 1.165) is 38.1 Å². The van der Waals surface area contributed by atoms with Crippen molar-refractivity contribution in [2.24, 2.45) is 5.92 Å². The maximum absolute atomic E-state index is 12.4. The zero-order valence-corrected chi connectivity index (χ0v) is 13.2. The Morgan fingerprint density at radius 3 is 2.87 bits per heavy atom. The van der Waals surface area contributed by atoms with E-state index in [0.29, 0.717) is 5.92 Å². The van der Waals surface area contributed by atoms with E-state index in [1.807, 2.05) is 17.0 Å². The van der Waals surface area contributed by atoms with E-state index >= 15 is 0 Å². The minimum Gasteiger partial charge on any atom is -0.497 e. The number of H-pyrrole nitrogens is 1. The molecule has 122 valence electrons. The number of benzene rings is 1. The third-order valence-electron chi connectivity index (χ3n) is 4.19. The molecule has 3 N–H and O–H groups in total. The predicted octanol–water partition coefficient (Wildman–Crippen LogP) is 1.49. The van der Waals surface area contributed by atoms with Crippen LogP contribution in [0.5, 0.6) is 5.75 Å². The SMILES string of the molecule is COc1ccc(CC2CCCN(C(=O)c3nc(N)n[nH]3)C2)cc1. The highest BCUT2D eigenvalue weighted by Gasteiger charge is 2.26. The predicted molar refractivity (Wildman–Crippen MR) is 86.1 cm³/mol. The van der Waals surface area contributed by atoms with Crippen molar-refractivity contribution >= 4 is 11.9 Å². The van der Waals surface area contributed by atoms with Gasteiger partial charge >= 0.3 is 0 Å². The van der Waals surface area contributed by atoms with Gasteiger partial charge in [-0.2, -0.15) is 4.98 Å². The number of likely N-dealkylation sites (tertiary alicyclic amines) is 1. The van der Waals surface area contributed by atoms with Crippen LogP contribution in [0.2, 0.25) is 0 Å². The molecule has 1 aliphatic rings. The van der Waals surface area contributed by atoms with Gasteiger partial charge in [-0.05, 0) is 42.9 Å². The number of rotatable bonds is 4. The molecule has 1 amide bonds. The maximum Gasteiger partial charge on any atom is 0.291 e. The average Bonchev–Trinajstić information content (AvgIpc) is 3.01. The van der Waals surface area contributed by atoms with E-state index < -0.39 is 0 Å². The number of methoxy groups -OCH3 is 1. The van der Waals surface area contributed by atoms with Crippen LogP contribution in [0, 0.1) is 5.92 Å². The first-order chi connectivity index (χ1) is 11.2. The number of nitrogens with one attached hydrogen (secondary N) is 1. The zero-order chi connectivity index (χ0) is 16.2. The zero-order valence-electron chi connectivity index (χ0n) is 13.2. The number of ether oxygens (including phenoxy) is 1. The molecule has 0 bridgehead atoms. The highest BCUT2D eigenvalue weighted by molar-refractivity contribution is 5.90. The lowest BCUT2D eigenvalue weighted by Gasteiger charge is -2.32. The van der Waals surface area contributed by atoms with Gasteiger partial charge in [-0.15, -0.1) is 5.10 Å². The number of carbonyl (C=O) groups excluding carboxylic acids is 1. The van der Waals surface area contributed by atoms with Crippen LogP contribution in [0.25, 0.3) is 0 Å². The van der Waals surface area contributed by atoms with Crippen molar-refractivity contribution in [2.45, 2.75) is 19.3 Å². The molecule has 1 aliphatic heterocycles. The molecule has 3 rings (SSSR count). The minimum atomic E-state index is -0.131. The molecule has 2 heterocycles. The summed E-state index contributed by atoms with van der Waals surface area (Å²) in [5, 5.41) is 6.31. The first-order valence-electron chi connectivity index (χ1n) is 7.76. The first kappa shape index (κ1) is 15.3. The van der Waals surface area contributed by atoms with Crippen molar-refractivity contribution in [3.8, 4) is 5.75 Å². The van der Waals surface area contributed by atoms with Crippen molar-refractivity contribution in [1.29, 1.82) is 0 Å². The molecule has 1 aromatic heterocycles. The smallest absolute Gasteiger partial charge is 0.291 e. The van der Waals surface area contributed by atoms with E-state index in [9.17, 15) is 4.79 Å². The van der Waals surface area contributed by atoms with Gasteiger partial charge < -0.3 is 15.4 Å². The highest BCUT2D eigenvalue weighted by atomic mass is 16.5. The summed E-state index contributed by atoms with van der Waals surface area (Å²) in [5.74, 6) is 1.49. The van der Waals surface area contributed by atoms with Crippen LogP contribution in [0.15, 0.2) is 24.3 Å². The molecule has 7 nitrogen and oxygen atoms in total. The number of carbonyl (C=O) groups is 1. The third-order valence-corrected chi connectivity index (χ3v) is 4.19. The molecule has 1 atom stereocenters. The molecule has 23 heavy (non-hydrogen) atoms. The van der Waals surface area contributed by atoms with Crippen molar-refractivity contribution < 1.29 is 9.53 Å². The van der Waals surface area contributed by atoms with Crippen LogP contribution in [0.1, 0.15) is 29.0 Å². The molecule has 0 saturated carbocycles. The molecule has 1 fully saturated rings. The molecular formula is C16H21N5O2. The Morgan fingerprint density at radius 1 is 1.43 bits per heavy atom. The van der Waals surface area contributed by atoms with Gasteiger partial charge in [0.2, 0.25) is 11.8 Å². The molecule has 0 spiro atoms. The molecule has 1 aromatic carbocycles. The van der Waals surface area contributed by atoms with Crippen LogP contribution in [0.4, 0.5) is 5.95 Å². The van der Waals surface area contributed by atoms with Crippen LogP contribution in [0.3, 0.4) is 0 Å². The number of nitrogens with zero attached hydrogens (tertiary/aromatic N) is 3. The summed E-state index contributed by atoms with van der Waals surface area (Å²) >= 11 is 0. The number of nitrogens with two attached hydrogens (primary N) is 1. The summed E-state index contributed by atoms with van der Waals surface area (Å²) in [5.41, 5.74) is 6.72. The summed E-state index contributed by atoms with van der Waals surface area (Å²) in [4.78, 5) is 18.2. The number of amides is 1. The largest absolute Gasteiger partial charge is 0.497 e. The van der Waals surface area contributed by atoms with E-state index in [-0.39, 0.29) is 17.7 Å². The van der Waals surface area contributed by atoms with Crippen molar-refractivity contribution in [3.05, 3.63) is 35.7 Å². The minimum absolute atomic E-state index is 0.0974. The molecule has 7 heteroatoms. The molecular weight excluding hydrogens is 294 g/mol. The Bertz CT molecular complexity index is 667. The Hall–Kier alpha value is -2.57. The van der Waals surface area contributed by atoms with Crippen molar-refractivity contribution in [2.75, 3.05) is 25.9 Å². The normalized spacial score (nSPS) is 18.0. The van der Waals surface area contributed by atoms with E-state index in [4.69, 9.17) is 10.5 Å². The number of piperidine rings is 1. The summed E-state index contributed by atoms with van der Waals surface area (Å²) in [6.45, 7) is 1.48. The number of hydrogen-bond acceptors (Lipinski definition) is 5. The van der Waals surface area contributed by atoms with Gasteiger partial charge in [-0.3, -0.25) is 9.89 Å². The van der Waals surface area contributed by atoms with Crippen LogP contribution < -0.4 is 10.5 Å². The second-order valence-corrected chi connectivity index (χ2v) is 5.85. The number of aromatic nitrogens is 3. The fourth-order valence-electron chi connectivity index (χ4n) is 3.03. The average molecular weight is 315 g/mol. The molecule has 2 aromatic rings. The Labute approximate surface area is 134 Å². The maximum atomic E-state index is 12.4. The summed E-state index contributed by atoms with van der Waals surface area (Å²) < 4.78 is 5.18. The monoisotopic (exact) mass is 315 g/mol. The molecule has 1 saturated heterocycles. The standard InChI is InChI=1S/C16H21N5O2/c1-23-13-6-4-11(5-7-13)9-12-3-2-8-21(10-12)15(22)14-18-16(17)20-19-14/h4-7,12H,2-3,8-10H2,1H3,(H3,17,18,19,20). The number of hydrogen-bond donors (Lipinski definition) is 2. The van der Waals surface area contributed by atoms with E-state index in [2.05, 4.69) is 27.3 Å². The number of nitrogen functional groups attached to an aromatic ring is 1. The third kappa shape index (κ3) is 3.61. The van der Waals surface area contributed by atoms with Crippen LogP contribution >= 0.6 is 0 Å². The molecule has 0 radical (unpaired) electrons. The Morgan fingerprint density at radius 2 is 2.22 bits per heavy atom. The van der Waals surface area contributed by atoms with Gasteiger partial charge in [0.25, 0.3) is 5.91 Å². The lowest BCUT2D eigenvalue weighted by molar-refractivity contribution is 0.0661. The van der Waals surface area contributed by atoms with E-state index in [1.54, 1.807) is 7.11 Å². The summed E-state index contributed by atoms with van der Waals surface area (Å²) in [7, 11) is 1.66. The summed E-state index contributed by atoms with van der Waals surface area (Å²) in [6, 6.07) is 8.10. The van der Waals surface area contributed by atoms with Gasteiger partial charge in [0.1, 0.15) is 5.75 Å². The van der Waals surface area contributed by atoms with Gasteiger partial charge in [0.15, 0.2) is 0 Å². The Kier molecular flexibility index (Phi) is 4.45. The van der Waals surface area contributed by atoms with Crippen LogP contribution in [-0.2, 0) is 6.42 Å². The quantitative estimate of drug-likeness (QED) is 0.891. The fraction of sp³-hybridized carbons (Fsp3) is 0.438. The van der Waals surface area contributed by atoms with Crippen molar-refractivity contribution in [1.82, 2.24) is 20.1 Å². The second kappa shape index (κ2) is 6.68. The van der Waals surface area contributed by atoms with Gasteiger partial charge in [-0.1, -0.05) is 12.1 Å². The van der Waals surface area contributed by atoms with Crippen LogP contribution in [-0.4, -0.2) is 46.2 Å². The second-order valence-electron chi connectivity index (χ2n) is 5.85. The number of anilines is 1. The van der Waals surface area contributed by atoms with Gasteiger partial charge in [0, 0.05) is 13.1 Å². The lowest BCUT2D eigenvalue weighted by atomic mass is 9.91. The van der Waals surface area contributed by atoms with Gasteiger partial charge in [0.05, 0.1) is 7.11 Å². The fourth-order valence-corrected chi connectivity index (χ4v) is 3.03. The summed E-state index contributed by atoms with van der Waals surface area (Å²) in [6.07, 6.45) is 3.07. The van der Waals surface area contributed by atoms with Crippen molar-refractivity contribution in [3.63, 3.8) is 0 Å². The number of aromatic amines is 1.